The van der Waals surface area contributed by atoms with E-state index in [9.17, 15) is 9.59 Å². The second kappa shape index (κ2) is 6.07. The van der Waals surface area contributed by atoms with E-state index in [4.69, 9.17) is 4.74 Å². The van der Waals surface area contributed by atoms with Crippen molar-refractivity contribution in [1.29, 1.82) is 0 Å². The Morgan fingerprint density at radius 3 is 2.54 bits per heavy atom. The standard InChI is InChI=1S/C17H20N4O3/c1-17(2,3)24-12-6-4-11(5-7-12)13-10-21(20-19-13)14-8-9-15(22)18-16(14)23/h4-7,10,14H,8-9H2,1-3H3,(H,18,22,23). The number of nitrogens with zero attached hydrogens (tertiary/aromatic N) is 3. The topological polar surface area (TPSA) is 86.1 Å². The van der Waals surface area contributed by atoms with E-state index in [0.29, 0.717) is 18.5 Å². The molecule has 1 aromatic heterocycles. The van der Waals surface area contributed by atoms with Crippen molar-refractivity contribution in [3.05, 3.63) is 30.5 Å². The molecule has 126 valence electrons. The summed E-state index contributed by atoms with van der Waals surface area (Å²) in [5, 5.41) is 10.5. The number of benzene rings is 1. The van der Waals surface area contributed by atoms with Crippen molar-refractivity contribution in [3.63, 3.8) is 0 Å². The van der Waals surface area contributed by atoms with Crippen LogP contribution in [-0.2, 0) is 9.59 Å². The van der Waals surface area contributed by atoms with E-state index in [0.717, 1.165) is 11.3 Å². The predicted octanol–water partition coefficient (Wildman–Crippen LogP) is 2.10. The zero-order chi connectivity index (χ0) is 17.3. The molecule has 0 aliphatic carbocycles. The summed E-state index contributed by atoms with van der Waals surface area (Å²) < 4.78 is 7.30. The zero-order valence-electron chi connectivity index (χ0n) is 13.9. The maximum Gasteiger partial charge on any atom is 0.251 e. The molecule has 0 saturated carbocycles. The van der Waals surface area contributed by atoms with E-state index in [-0.39, 0.29) is 17.4 Å². The Kier molecular flexibility index (Phi) is 4.09. The van der Waals surface area contributed by atoms with E-state index in [1.165, 1.54) is 4.68 Å². The monoisotopic (exact) mass is 328 g/mol. The summed E-state index contributed by atoms with van der Waals surface area (Å²) in [7, 11) is 0. The number of rotatable bonds is 3. The Balaban J connectivity index is 1.76. The van der Waals surface area contributed by atoms with Gasteiger partial charge in [0, 0.05) is 12.0 Å². The van der Waals surface area contributed by atoms with Gasteiger partial charge >= 0.3 is 0 Å². The summed E-state index contributed by atoms with van der Waals surface area (Å²) in [5.41, 5.74) is 1.30. The lowest BCUT2D eigenvalue weighted by molar-refractivity contribution is -0.136. The zero-order valence-corrected chi connectivity index (χ0v) is 13.9. The quantitative estimate of drug-likeness (QED) is 0.872. The lowest BCUT2D eigenvalue weighted by atomic mass is 10.1. The predicted molar refractivity (Wildman–Crippen MR) is 87.3 cm³/mol. The molecule has 1 atom stereocenters. The third kappa shape index (κ3) is 3.61. The molecule has 1 N–H and O–H groups in total. The highest BCUT2D eigenvalue weighted by molar-refractivity contribution is 5.99. The van der Waals surface area contributed by atoms with Gasteiger partial charge in [-0.05, 0) is 51.5 Å². The Hall–Kier alpha value is -2.70. The van der Waals surface area contributed by atoms with Crippen molar-refractivity contribution >= 4 is 11.8 Å². The molecule has 1 aliphatic rings. The number of ether oxygens (including phenoxy) is 1. The fourth-order valence-corrected chi connectivity index (χ4v) is 2.54. The van der Waals surface area contributed by atoms with Gasteiger partial charge in [0.1, 0.15) is 23.1 Å². The number of piperidine rings is 1. The SMILES string of the molecule is CC(C)(C)Oc1ccc(-c2cn(C3CCC(=O)NC3=O)nn2)cc1. The number of nitrogens with one attached hydrogen (secondary N) is 1. The van der Waals surface area contributed by atoms with Crippen LogP contribution in [0.15, 0.2) is 30.5 Å². The first-order valence-electron chi connectivity index (χ1n) is 7.87. The smallest absolute Gasteiger partial charge is 0.251 e. The maximum absolute atomic E-state index is 11.9. The van der Waals surface area contributed by atoms with E-state index in [1.807, 2.05) is 45.0 Å². The van der Waals surface area contributed by atoms with Gasteiger partial charge in [-0.25, -0.2) is 4.68 Å². The molecule has 7 nitrogen and oxygen atoms in total. The molecule has 7 heteroatoms. The van der Waals surface area contributed by atoms with Gasteiger partial charge in [0.2, 0.25) is 5.91 Å². The molecule has 1 aliphatic heterocycles. The molecule has 24 heavy (non-hydrogen) atoms. The van der Waals surface area contributed by atoms with Gasteiger partial charge in [0.25, 0.3) is 5.91 Å². The minimum absolute atomic E-state index is 0.244. The second-order valence-electron chi connectivity index (χ2n) is 6.79. The molecule has 2 aromatic rings. The fraction of sp³-hybridized carbons (Fsp3) is 0.412. The lowest BCUT2D eigenvalue weighted by Crippen LogP contribution is -2.41. The molecule has 2 amide bonds. The van der Waals surface area contributed by atoms with Crippen molar-refractivity contribution < 1.29 is 14.3 Å². The molecule has 3 rings (SSSR count). The van der Waals surface area contributed by atoms with Crippen molar-refractivity contribution in [1.82, 2.24) is 20.3 Å². The average molecular weight is 328 g/mol. The van der Waals surface area contributed by atoms with Gasteiger partial charge in [-0.3, -0.25) is 14.9 Å². The number of hydrogen-bond acceptors (Lipinski definition) is 5. The number of aromatic nitrogens is 3. The van der Waals surface area contributed by atoms with Crippen LogP contribution in [0, 0.1) is 0 Å². The summed E-state index contributed by atoms with van der Waals surface area (Å²) in [6.07, 6.45) is 2.47. The third-order valence-electron chi connectivity index (χ3n) is 3.61. The van der Waals surface area contributed by atoms with Crippen LogP contribution in [0.5, 0.6) is 5.75 Å². The first-order chi connectivity index (χ1) is 11.3. The minimum atomic E-state index is -0.493. The number of imide groups is 1. The summed E-state index contributed by atoms with van der Waals surface area (Å²) in [6.45, 7) is 5.98. The van der Waals surface area contributed by atoms with Crippen LogP contribution in [0.2, 0.25) is 0 Å². The molecular weight excluding hydrogens is 308 g/mol. The van der Waals surface area contributed by atoms with Gasteiger partial charge in [-0.2, -0.15) is 0 Å². The highest BCUT2D eigenvalue weighted by atomic mass is 16.5. The van der Waals surface area contributed by atoms with Gasteiger partial charge in [-0.15, -0.1) is 5.10 Å². The van der Waals surface area contributed by atoms with Crippen LogP contribution >= 0.6 is 0 Å². The van der Waals surface area contributed by atoms with Crippen LogP contribution in [-0.4, -0.2) is 32.4 Å². The van der Waals surface area contributed by atoms with E-state index in [1.54, 1.807) is 6.20 Å². The van der Waals surface area contributed by atoms with Gasteiger partial charge in [-0.1, -0.05) is 5.21 Å². The molecule has 0 spiro atoms. The Morgan fingerprint density at radius 2 is 1.92 bits per heavy atom. The van der Waals surface area contributed by atoms with Gasteiger partial charge in [0.15, 0.2) is 0 Å². The number of amides is 2. The third-order valence-corrected chi connectivity index (χ3v) is 3.61. The van der Waals surface area contributed by atoms with Crippen molar-refractivity contribution in [3.8, 4) is 17.0 Å². The van der Waals surface area contributed by atoms with Crippen LogP contribution in [0.25, 0.3) is 11.3 Å². The number of carbonyl (C=O) groups excluding carboxylic acids is 2. The summed E-state index contributed by atoms with van der Waals surface area (Å²) in [6, 6.07) is 7.07. The van der Waals surface area contributed by atoms with Crippen molar-refractivity contribution in [2.75, 3.05) is 0 Å². The van der Waals surface area contributed by atoms with Crippen LogP contribution in [0.4, 0.5) is 0 Å². The van der Waals surface area contributed by atoms with Crippen molar-refractivity contribution in [2.45, 2.75) is 45.3 Å². The van der Waals surface area contributed by atoms with Gasteiger partial charge in [0.05, 0.1) is 6.20 Å². The van der Waals surface area contributed by atoms with E-state index in [2.05, 4.69) is 15.6 Å². The minimum Gasteiger partial charge on any atom is -0.488 e. The molecular formula is C17H20N4O3. The molecule has 2 heterocycles. The largest absolute Gasteiger partial charge is 0.488 e. The van der Waals surface area contributed by atoms with Crippen LogP contribution in [0.1, 0.15) is 39.7 Å². The molecule has 1 saturated heterocycles. The summed E-state index contributed by atoms with van der Waals surface area (Å²) in [5.74, 6) is 0.200. The highest BCUT2D eigenvalue weighted by Gasteiger charge is 2.29. The first kappa shape index (κ1) is 16.2. The highest BCUT2D eigenvalue weighted by Crippen LogP contribution is 2.25. The summed E-state index contributed by atoms with van der Waals surface area (Å²) >= 11 is 0. The number of carbonyl (C=O) groups is 2. The Labute approximate surface area is 140 Å². The normalized spacial score (nSPS) is 18.4. The Bertz CT molecular complexity index is 759. The van der Waals surface area contributed by atoms with E-state index >= 15 is 0 Å². The van der Waals surface area contributed by atoms with Gasteiger partial charge < -0.3 is 4.74 Å². The van der Waals surface area contributed by atoms with E-state index < -0.39 is 6.04 Å². The summed E-state index contributed by atoms with van der Waals surface area (Å²) in [4.78, 5) is 23.1. The fourth-order valence-electron chi connectivity index (χ4n) is 2.54. The molecule has 1 aromatic carbocycles. The second-order valence-corrected chi connectivity index (χ2v) is 6.79. The van der Waals surface area contributed by atoms with Crippen LogP contribution < -0.4 is 10.1 Å². The molecule has 0 radical (unpaired) electrons. The van der Waals surface area contributed by atoms with Crippen LogP contribution in [0.3, 0.4) is 0 Å². The lowest BCUT2D eigenvalue weighted by Gasteiger charge is -2.21. The first-order valence-corrected chi connectivity index (χ1v) is 7.87. The molecule has 0 bridgehead atoms. The number of hydrogen-bond donors (Lipinski definition) is 1. The van der Waals surface area contributed by atoms with Crippen molar-refractivity contribution in [2.24, 2.45) is 0 Å². The molecule has 1 unspecified atom stereocenters. The average Bonchev–Trinajstić information content (AvgIpc) is 2.96. The Morgan fingerprint density at radius 1 is 1.21 bits per heavy atom. The molecule has 1 fully saturated rings. The maximum atomic E-state index is 11.9.